The number of carbonyl (C=O) groups is 1. The molecule has 0 aromatic heterocycles. The van der Waals surface area contributed by atoms with Gasteiger partial charge in [0.25, 0.3) is 0 Å². The molecule has 0 aliphatic rings. The molecular weight excluding hydrogens is 132 g/mol. The summed E-state index contributed by atoms with van der Waals surface area (Å²) in [6, 6.07) is 0. The summed E-state index contributed by atoms with van der Waals surface area (Å²) >= 11 is 1.77. The van der Waals surface area contributed by atoms with Crippen LogP contribution in [0.1, 0.15) is 12.8 Å². The van der Waals surface area contributed by atoms with Gasteiger partial charge < -0.3 is 0 Å². The third-order valence-corrected chi connectivity index (χ3v) is 1.70. The van der Waals surface area contributed by atoms with Crippen molar-refractivity contribution in [1.82, 2.24) is 0 Å². The molecule has 9 heavy (non-hydrogen) atoms. The predicted molar refractivity (Wildman–Crippen MR) is 42.8 cm³/mol. The summed E-state index contributed by atoms with van der Waals surface area (Å²) in [6.45, 7) is 3.38. The van der Waals surface area contributed by atoms with Crippen LogP contribution in [0.25, 0.3) is 0 Å². The lowest BCUT2D eigenvalue weighted by atomic mass is 10.2. The molecular formula is C7H12OS. The van der Waals surface area contributed by atoms with Gasteiger partial charge in [0.15, 0.2) is 5.78 Å². The number of rotatable bonds is 5. The van der Waals surface area contributed by atoms with E-state index in [4.69, 9.17) is 0 Å². The molecule has 0 atom stereocenters. The molecule has 0 heterocycles. The van der Waals surface area contributed by atoms with Crippen LogP contribution in [0.5, 0.6) is 0 Å². The van der Waals surface area contributed by atoms with Crippen molar-refractivity contribution in [2.75, 3.05) is 12.0 Å². The van der Waals surface area contributed by atoms with Crippen LogP contribution >= 0.6 is 11.8 Å². The first-order chi connectivity index (χ1) is 4.31. The summed E-state index contributed by atoms with van der Waals surface area (Å²) in [4.78, 5) is 10.6. The molecule has 0 rings (SSSR count). The van der Waals surface area contributed by atoms with Crippen molar-refractivity contribution in [3.05, 3.63) is 12.7 Å². The molecule has 0 saturated heterocycles. The molecule has 0 aromatic carbocycles. The van der Waals surface area contributed by atoms with Crippen LogP contribution in [-0.2, 0) is 4.79 Å². The smallest absolute Gasteiger partial charge is 0.155 e. The van der Waals surface area contributed by atoms with Crippen molar-refractivity contribution in [2.24, 2.45) is 0 Å². The topological polar surface area (TPSA) is 17.1 Å². The number of thioether (sulfide) groups is 1. The van der Waals surface area contributed by atoms with Crippen LogP contribution in [0.15, 0.2) is 12.7 Å². The Labute approximate surface area is 60.5 Å². The summed E-state index contributed by atoms with van der Waals surface area (Å²) < 4.78 is 0. The minimum absolute atomic E-state index is 0.157. The van der Waals surface area contributed by atoms with E-state index >= 15 is 0 Å². The van der Waals surface area contributed by atoms with Gasteiger partial charge in [0, 0.05) is 6.42 Å². The number of carbonyl (C=O) groups excluding carboxylic acids is 1. The zero-order valence-corrected chi connectivity index (χ0v) is 6.54. The molecule has 52 valence electrons. The molecule has 0 aliphatic carbocycles. The average molecular weight is 144 g/mol. The molecule has 0 radical (unpaired) electrons. The Balaban J connectivity index is 3.07. The standard InChI is InChI=1S/C7H12OS/c1-3-7(8)5-4-6-9-2/h3H,1,4-6H2,2H3. The number of hydrogen-bond donors (Lipinski definition) is 0. The van der Waals surface area contributed by atoms with E-state index in [1.807, 2.05) is 6.26 Å². The van der Waals surface area contributed by atoms with E-state index in [1.54, 1.807) is 11.8 Å². The van der Waals surface area contributed by atoms with Crippen molar-refractivity contribution >= 4 is 17.5 Å². The summed E-state index contributed by atoms with van der Waals surface area (Å²) in [6.07, 6.45) is 5.06. The lowest BCUT2D eigenvalue weighted by molar-refractivity contribution is -0.114. The third-order valence-electron chi connectivity index (χ3n) is 0.999. The van der Waals surface area contributed by atoms with Crippen LogP contribution in [0, 0.1) is 0 Å². The van der Waals surface area contributed by atoms with E-state index in [0.717, 1.165) is 12.2 Å². The van der Waals surface area contributed by atoms with Gasteiger partial charge in [-0.1, -0.05) is 6.58 Å². The molecule has 0 aromatic rings. The highest BCUT2D eigenvalue weighted by Gasteiger charge is 1.92. The first-order valence-electron chi connectivity index (χ1n) is 2.95. The van der Waals surface area contributed by atoms with Crippen LogP contribution < -0.4 is 0 Å². The van der Waals surface area contributed by atoms with E-state index < -0.39 is 0 Å². The van der Waals surface area contributed by atoms with E-state index in [0.29, 0.717) is 6.42 Å². The Morgan fingerprint density at radius 3 is 2.89 bits per heavy atom. The number of allylic oxidation sites excluding steroid dienone is 1. The monoisotopic (exact) mass is 144 g/mol. The maximum absolute atomic E-state index is 10.6. The second kappa shape index (κ2) is 5.89. The highest BCUT2D eigenvalue weighted by Crippen LogP contribution is 1.99. The van der Waals surface area contributed by atoms with Gasteiger partial charge in [-0.15, -0.1) is 0 Å². The molecule has 0 bridgehead atoms. The average Bonchev–Trinajstić information content (AvgIpc) is 1.89. The third kappa shape index (κ3) is 5.63. The molecule has 2 heteroatoms. The van der Waals surface area contributed by atoms with Gasteiger partial charge in [0.2, 0.25) is 0 Å². The summed E-state index contributed by atoms with van der Waals surface area (Å²) in [7, 11) is 0. The molecule has 0 amide bonds. The maximum atomic E-state index is 10.6. The van der Waals surface area contributed by atoms with Gasteiger partial charge in [0.05, 0.1) is 0 Å². The summed E-state index contributed by atoms with van der Waals surface area (Å²) in [5.74, 6) is 1.23. The molecule has 0 aliphatic heterocycles. The van der Waals surface area contributed by atoms with E-state index in [-0.39, 0.29) is 5.78 Å². The summed E-state index contributed by atoms with van der Waals surface area (Å²) in [5, 5.41) is 0. The fraction of sp³-hybridized carbons (Fsp3) is 0.571. The fourth-order valence-corrected chi connectivity index (χ4v) is 0.926. The Morgan fingerprint density at radius 2 is 2.44 bits per heavy atom. The molecule has 0 fully saturated rings. The minimum atomic E-state index is 0.157. The quantitative estimate of drug-likeness (QED) is 0.433. The first-order valence-corrected chi connectivity index (χ1v) is 4.35. The van der Waals surface area contributed by atoms with Gasteiger partial charge in [0.1, 0.15) is 0 Å². The fourth-order valence-electron chi connectivity index (χ4n) is 0.493. The van der Waals surface area contributed by atoms with Crippen molar-refractivity contribution in [3.8, 4) is 0 Å². The Morgan fingerprint density at radius 1 is 1.78 bits per heavy atom. The number of hydrogen-bond acceptors (Lipinski definition) is 2. The highest BCUT2D eigenvalue weighted by atomic mass is 32.2. The molecule has 0 unspecified atom stereocenters. The van der Waals surface area contributed by atoms with Crippen LogP contribution in [0.4, 0.5) is 0 Å². The predicted octanol–water partition coefficient (Wildman–Crippen LogP) is 1.88. The zero-order valence-electron chi connectivity index (χ0n) is 5.72. The lowest BCUT2D eigenvalue weighted by Crippen LogP contribution is -1.91. The van der Waals surface area contributed by atoms with Gasteiger partial charge >= 0.3 is 0 Å². The normalized spacial score (nSPS) is 9.00. The minimum Gasteiger partial charge on any atom is -0.295 e. The Hall–Kier alpha value is -0.240. The van der Waals surface area contributed by atoms with Gasteiger partial charge in [-0.3, -0.25) is 4.79 Å². The molecule has 0 spiro atoms. The van der Waals surface area contributed by atoms with Gasteiger partial charge in [-0.25, -0.2) is 0 Å². The molecule has 0 saturated carbocycles. The van der Waals surface area contributed by atoms with Crippen molar-refractivity contribution in [3.63, 3.8) is 0 Å². The number of ketones is 1. The summed E-state index contributed by atoms with van der Waals surface area (Å²) in [5.41, 5.74) is 0. The van der Waals surface area contributed by atoms with Crippen LogP contribution in [0.3, 0.4) is 0 Å². The molecule has 0 N–H and O–H groups in total. The van der Waals surface area contributed by atoms with Crippen LogP contribution in [-0.4, -0.2) is 17.8 Å². The Kier molecular flexibility index (Phi) is 5.73. The van der Waals surface area contributed by atoms with Gasteiger partial charge in [-0.2, -0.15) is 11.8 Å². The largest absolute Gasteiger partial charge is 0.295 e. The van der Waals surface area contributed by atoms with E-state index in [2.05, 4.69) is 6.58 Å². The first kappa shape index (κ1) is 8.76. The SMILES string of the molecule is C=CC(=O)CCCSC. The highest BCUT2D eigenvalue weighted by molar-refractivity contribution is 7.98. The van der Waals surface area contributed by atoms with E-state index in [9.17, 15) is 4.79 Å². The second-order valence-corrected chi connectivity index (χ2v) is 2.75. The zero-order chi connectivity index (χ0) is 7.11. The van der Waals surface area contributed by atoms with Crippen molar-refractivity contribution < 1.29 is 4.79 Å². The Bertz CT molecular complexity index is 99.1. The van der Waals surface area contributed by atoms with E-state index in [1.165, 1.54) is 6.08 Å². The maximum Gasteiger partial charge on any atom is 0.155 e. The van der Waals surface area contributed by atoms with Crippen molar-refractivity contribution in [2.45, 2.75) is 12.8 Å². The van der Waals surface area contributed by atoms with Crippen LogP contribution in [0.2, 0.25) is 0 Å². The van der Waals surface area contributed by atoms with Gasteiger partial charge in [-0.05, 0) is 24.5 Å². The molecule has 1 nitrogen and oxygen atoms in total. The van der Waals surface area contributed by atoms with Crippen molar-refractivity contribution in [1.29, 1.82) is 0 Å². The second-order valence-electron chi connectivity index (χ2n) is 1.77. The lowest BCUT2D eigenvalue weighted by Gasteiger charge is -1.91.